The number of nitrogens with one attached hydrogen (secondary N) is 1. The molecule has 124 valence electrons. The summed E-state index contributed by atoms with van der Waals surface area (Å²) in [6.45, 7) is 4.51. The predicted molar refractivity (Wildman–Crippen MR) is 93.2 cm³/mol. The monoisotopic (exact) mass is 352 g/mol. The zero-order valence-electron chi connectivity index (χ0n) is 13.2. The van der Waals surface area contributed by atoms with E-state index in [1.54, 1.807) is 13.0 Å². The molecule has 0 saturated heterocycles. The van der Waals surface area contributed by atoms with Crippen LogP contribution >= 0.6 is 11.8 Å². The van der Waals surface area contributed by atoms with E-state index < -0.39 is 10.0 Å². The van der Waals surface area contributed by atoms with Crippen molar-refractivity contribution in [3.05, 3.63) is 48.3 Å². The highest BCUT2D eigenvalue weighted by molar-refractivity contribution is 7.99. The van der Waals surface area contributed by atoms with Crippen LogP contribution in [0, 0.1) is 0 Å². The van der Waals surface area contributed by atoms with Crippen LogP contribution in [0.25, 0.3) is 0 Å². The standard InChI is InChI=1S/C16H20N2O3S2/c1-3-21-12-15-16(22-14-8-6-5-7-9-14)10-13(11-17-15)18-23(19,20)4-2/h5-11,18H,3-4,12H2,1-2H3. The third-order valence-electron chi connectivity index (χ3n) is 3.00. The Hall–Kier alpha value is -1.57. The highest BCUT2D eigenvalue weighted by Gasteiger charge is 2.12. The SMILES string of the molecule is CCOCc1ncc(NS(=O)(=O)CC)cc1Sc1ccccc1. The average Bonchev–Trinajstić information content (AvgIpc) is 2.55. The summed E-state index contributed by atoms with van der Waals surface area (Å²) in [6.07, 6.45) is 1.52. The van der Waals surface area contributed by atoms with E-state index >= 15 is 0 Å². The summed E-state index contributed by atoms with van der Waals surface area (Å²) in [5, 5.41) is 0. The first-order valence-electron chi connectivity index (χ1n) is 7.34. The molecule has 0 saturated carbocycles. The summed E-state index contributed by atoms with van der Waals surface area (Å²) < 4.78 is 31.4. The van der Waals surface area contributed by atoms with Crippen LogP contribution in [0.5, 0.6) is 0 Å². The largest absolute Gasteiger partial charge is 0.375 e. The van der Waals surface area contributed by atoms with Gasteiger partial charge in [0.15, 0.2) is 0 Å². The smallest absolute Gasteiger partial charge is 0.232 e. The van der Waals surface area contributed by atoms with Gasteiger partial charge in [-0.1, -0.05) is 30.0 Å². The van der Waals surface area contributed by atoms with Crippen molar-refractivity contribution in [3.63, 3.8) is 0 Å². The summed E-state index contributed by atoms with van der Waals surface area (Å²) >= 11 is 1.54. The van der Waals surface area contributed by atoms with E-state index in [0.717, 1.165) is 15.5 Å². The molecule has 0 spiro atoms. The van der Waals surface area contributed by atoms with Crippen molar-refractivity contribution >= 4 is 27.5 Å². The molecule has 2 aromatic rings. The summed E-state index contributed by atoms with van der Waals surface area (Å²) in [5.74, 6) is 0.0227. The quantitative estimate of drug-likeness (QED) is 0.787. The van der Waals surface area contributed by atoms with Gasteiger partial charge in [0.1, 0.15) is 0 Å². The molecule has 1 N–H and O–H groups in total. The van der Waals surface area contributed by atoms with Gasteiger partial charge in [0.05, 0.1) is 29.9 Å². The Morgan fingerprint density at radius 3 is 2.61 bits per heavy atom. The van der Waals surface area contributed by atoms with Crippen LogP contribution in [0.3, 0.4) is 0 Å². The number of sulfonamides is 1. The number of nitrogens with zero attached hydrogens (tertiary/aromatic N) is 1. The molecule has 0 bridgehead atoms. The van der Waals surface area contributed by atoms with E-state index in [-0.39, 0.29) is 5.75 Å². The number of benzene rings is 1. The second-order valence-corrected chi connectivity index (χ2v) is 7.85. The van der Waals surface area contributed by atoms with Crippen molar-refractivity contribution in [1.29, 1.82) is 0 Å². The van der Waals surface area contributed by atoms with Gasteiger partial charge in [-0.3, -0.25) is 9.71 Å². The minimum atomic E-state index is -3.32. The Bertz CT molecular complexity index is 734. The van der Waals surface area contributed by atoms with Crippen molar-refractivity contribution in [2.24, 2.45) is 0 Å². The molecular formula is C16H20N2O3S2. The van der Waals surface area contributed by atoms with Gasteiger partial charge in [0.2, 0.25) is 10.0 Å². The molecule has 23 heavy (non-hydrogen) atoms. The molecule has 0 unspecified atom stereocenters. The minimum absolute atomic E-state index is 0.0227. The first-order valence-corrected chi connectivity index (χ1v) is 9.81. The molecule has 0 aliphatic rings. The molecule has 1 aromatic carbocycles. The van der Waals surface area contributed by atoms with Crippen LogP contribution in [0.2, 0.25) is 0 Å². The number of anilines is 1. The van der Waals surface area contributed by atoms with Crippen LogP contribution in [0.15, 0.2) is 52.4 Å². The van der Waals surface area contributed by atoms with Gasteiger partial charge in [0, 0.05) is 16.4 Å². The molecule has 1 aromatic heterocycles. The van der Waals surface area contributed by atoms with E-state index in [1.165, 1.54) is 18.0 Å². The number of pyridine rings is 1. The number of rotatable bonds is 8. The molecule has 0 fully saturated rings. The lowest BCUT2D eigenvalue weighted by atomic mass is 10.3. The Balaban J connectivity index is 2.30. The molecule has 1 heterocycles. The lowest BCUT2D eigenvalue weighted by Crippen LogP contribution is -2.15. The van der Waals surface area contributed by atoms with Gasteiger partial charge in [0.25, 0.3) is 0 Å². The lowest BCUT2D eigenvalue weighted by Gasteiger charge is -2.12. The highest BCUT2D eigenvalue weighted by Crippen LogP contribution is 2.31. The first kappa shape index (κ1) is 17.8. The normalized spacial score (nSPS) is 11.4. The Morgan fingerprint density at radius 1 is 1.22 bits per heavy atom. The van der Waals surface area contributed by atoms with Crippen LogP contribution in [0.4, 0.5) is 5.69 Å². The van der Waals surface area contributed by atoms with Gasteiger partial charge in [-0.2, -0.15) is 0 Å². The molecule has 0 atom stereocenters. The van der Waals surface area contributed by atoms with Crippen molar-refractivity contribution < 1.29 is 13.2 Å². The Labute approximate surface area is 141 Å². The summed E-state index contributed by atoms with van der Waals surface area (Å²) in [7, 11) is -3.32. The second-order valence-electron chi connectivity index (χ2n) is 4.73. The fourth-order valence-corrected chi connectivity index (χ4v) is 3.37. The van der Waals surface area contributed by atoms with Crippen LogP contribution in [0.1, 0.15) is 19.5 Å². The molecular weight excluding hydrogens is 332 g/mol. The maximum atomic E-state index is 11.7. The van der Waals surface area contributed by atoms with Crippen LogP contribution < -0.4 is 4.72 Å². The van der Waals surface area contributed by atoms with Gasteiger partial charge in [-0.15, -0.1) is 0 Å². The van der Waals surface area contributed by atoms with E-state index in [1.807, 2.05) is 37.3 Å². The topological polar surface area (TPSA) is 68.3 Å². The van der Waals surface area contributed by atoms with E-state index in [4.69, 9.17) is 4.74 Å². The first-order chi connectivity index (χ1) is 11.0. The molecule has 7 heteroatoms. The van der Waals surface area contributed by atoms with Crippen LogP contribution in [-0.4, -0.2) is 25.8 Å². The minimum Gasteiger partial charge on any atom is -0.375 e. The maximum Gasteiger partial charge on any atom is 0.232 e. The zero-order valence-corrected chi connectivity index (χ0v) is 14.8. The van der Waals surface area contributed by atoms with E-state index in [9.17, 15) is 8.42 Å². The molecule has 2 rings (SSSR count). The lowest BCUT2D eigenvalue weighted by molar-refractivity contribution is 0.129. The fourth-order valence-electron chi connectivity index (χ4n) is 1.79. The average molecular weight is 352 g/mol. The van der Waals surface area contributed by atoms with Crippen LogP contribution in [-0.2, 0) is 21.4 Å². The molecule has 0 amide bonds. The third kappa shape index (κ3) is 5.53. The van der Waals surface area contributed by atoms with Crippen molar-refractivity contribution in [3.8, 4) is 0 Å². The number of aromatic nitrogens is 1. The van der Waals surface area contributed by atoms with E-state index in [2.05, 4.69) is 9.71 Å². The number of hydrogen-bond donors (Lipinski definition) is 1. The zero-order chi connectivity index (χ0) is 16.7. The van der Waals surface area contributed by atoms with Gasteiger partial charge >= 0.3 is 0 Å². The number of hydrogen-bond acceptors (Lipinski definition) is 5. The molecule has 5 nitrogen and oxygen atoms in total. The summed E-state index contributed by atoms with van der Waals surface area (Å²) in [6, 6.07) is 11.7. The predicted octanol–water partition coefficient (Wildman–Crippen LogP) is 3.53. The molecule has 0 aliphatic carbocycles. The second kappa shape index (κ2) is 8.33. The van der Waals surface area contributed by atoms with Gasteiger partial charge in [-0.25, -0.2) is 8.42 Å². The van der Waals surface area contributed by atoms with E-state index in [0.29, 0.717) is 18.9 Å². The highest BCUT2D eigenvalue weighted by atomic mass is 32.2. The summed E-state index contributed by atoms with van der Waals surface area (Å²) in [5.41, 5.74) is 1.26. The number of ether oxygens (including phenoxy) is 1. The Morgan fingerprint density at radius 2 is 1.96 bits per heavy atom. The molecule has 0 radical (unpaired) electrons. The molecule has 0 aliphatic heterocycles. The summed E-state index contributed by atoms with van der Waals surface area (Å²) in [4.78, 5) is 6.29. The third-order valence-corrected chi connectivity index (χ3v) is 5.39. The van der Waals surface area contributed by atoms with Gasteiger partial charge < -0.3 is 4.74 Å². The maximum absolute atomic E-state index is 11.7. The van der Waals surface area contributed by atoms with Crippen molar-refractivity contribution in [2.75, 3.05) is 17.1 Å². The van der Waals surface area contributed by atoms with Gasteiger partial charge in [-0.05, 0) is 32.0 Å². The van der Waals surface area contributed by atoms with Crippen molar-refractivity contribution in [2.45, 2.75) is 30.2 Å². The Kier molecular flexibility index (Phi) is 6.44. The van der Waals surface area contributed by atoms with Crippen molar-refractivity contribution in [1.82, 2.24) is 4.98 Å². The fraction of sp³-hybridized carbons (Fsp3) is 0.312.